The second-order valence-corrected chi connectivity index (χ2v) is 7.63. The van der Waals surface area contributed by atoms with Crippen LogP contribution in [0.4, 0.5) is 0 Å². The summed E-state index contributed by atoms with van der Waals surface area (Å²) in [7, 11) is 1.54. The molecular weight excluding hydrogens is 382 g/mol. The number of hydrogen-bond donors (Lipinski definition) is 1. The molecule has 3 rings (SSSR count). The first kappa shape index (κ1) is 21.6. The van der Waals surface area contributed by atoms with E-state index in [9.17, 15) is 14.7 Å². The van der Waals surface area contributed by atoms with Crippen molar-refractivity contribution in [1.82, 2.24) is 4.90 Å². The number of aliphatic hydroxyl groups excluding tert-OH is 1. The van der Waals surface area contributed by atoms with Gasteiger partial charge in [0, 0.05) is 19.2 Å². The fraction of sp³-hybridized carbons (Fsp3) is 0.333. The molecule has 1 fully saturated rings. The first-order valence-electron chi connectivity index (χ1n) is 9.99. The van der Waals surface area contributed by atoms with Crippen LogP contribution >= 0.6 is 0 Å². The number of likely N-dealkylation sites (tertiary alicyclic amines) is 1. The third-order valence-electron chi connectivity index (χ3n) is 4.90. The van der Waals surface area contributed by atoms with E-state index in [1.807, 2.05) is 30.3 Å². The van der Waals surface area contributed by atoms with Gasteiger partial charge in [-0.15, -0.1) is 0 Å². The van der Waals surface area contributed by atoms with Crippen LogP contribution in [-0.4, -0.2) is 48.6 Å². The van der Waals surface area contributed by atoms with Crippen molar-refractivity contribution in [1.29, 1.82) is 0 Å². The molecule has 1 saturated heterocycles. The average molecular weight is 409 g/mol. The number of aliphatic hydroxyl groups is 1. The molecule has 2 aromatic rings. The molecule has 1 heterocycles. The van der Waals surface area contributed by atoms with Gasteiger partial charge in [0.2, 0.25) is 0 Å². The molecule has 0 saturated carbocycles. The number of carbonyl (C=O) groups excluding carboxylic acids is 2. The Labute approximate surface area is 176 Å². The Morgan fingerprint density at radius 1 is 1.07 bits per heavy atom. The standard InChI is InChI=1S/C24H27NO5/c1-16(2)15-30-19-11-9-18(10-12-19)22(26)20-21(17-7-5-4-6-8-17)25(13-14-29-3)24(28)23(20)27/h4-12,16,21,26H,13-15H2,1-3H3/b22-20-. The Morgan fingerprint density at radius 3 is 2.33 bits per heavy atom. The van der Waals surface area contributed by atoms with Crippen LogP contribution in [0, 0.1) is 5.92 Å². The van der Waals surface area contributed by atoms with Crippen LogP contribution in [0.3, 0.4) is 0 Å². The Balaban J connectivity index is 2.00. The second-order valence-electron chi connectivity index (χ2n) is 7.63. The van der Waals surface area contributed by atoms with Crippen LogP contribution in [0.2, 0.25) is 0 Å². The Bertz CT molecular complexity index is 918. The molecule has 6 heteroatoms. The summed E-state index contributed by atoms with van der Waals surface area (Å²) in [5.41, 5.74) is 1.29. The van der Waals surface area contributed by atoms with E-state index in [1.165, 1.54) is 12.0 Å². The highest BCUT2D eigenvalue weighted by atomic mass is 16.5. The van der Waals surface area contributed by atoms with E-state index >= 15 is 0 Å². The van der Waals surface area contributed by atoms with Crippen molar-refractivity contribution < 1.29 is 24.2 Å². The van der Waals surface area contributed by atoms with E-state index in [1.54, 1.807) is 24.3 Å². The fourth-order valence-electron chi connectivity index (χ4n) is 3.41. The van der Waals surface area contributed by atoms with Crippen LogP contribution in [0.15, 0.2) is 60.2 Å². The lowest BCUT2D eigenvalue weighted by Gasteiger charge is -2.25. The van der Waals surface area contributed by atoms with Gasteiger partial charge in [-0.3, -0.25) is 9.59 Å². The van der Waals surface area contributed by atoms with Crippen molar-refractivity contribution in [3.8, 4) is 5.75 Å². The molecule has 0 bridgehead atoms. The summed E-state index contributed by atoms with van der Waals surface area (Å²) in [6.45, 7) is 5.25. The van der Waals surface area contributed by atoms with Gasteiger partial charge >= 0.3 is 0 Å². The highest BCUT2D eigenvalue weighted by Gasteiger charge is 2.45. The molecule has 1 aliphatic rings. The van der Waals surface area contributed by atoms with E-state index in [0.717, 1.165) is 5.56 Å². The highest BCUT2D eigenvalue weighted by Crippen LogP contribution is 2.39. The minimum Gasteiger partial charge on any atom is -0.507 e. The van der Waals surface area contributed by atoms with Crippen molar-refractivity contribution in [2.45, 2.75) is 19.9 Å². The zero-order valence-corrected chi connectivity index (χ0v) is 17.5. The summed E-state index contributed by atoms with van der Waals surface area (Å²) in [4.78, 5) is 27.0. The second kappa shape index (κ2) is 9.59. The molecule has 1 atom stereocenters. The van der Waals surface area contributed by atoms with E-state index in [2.05, 4.69) is 13.8 Å². The molecule has 0 radical (unpaired) electrons. The van der Waals surface area contributed by atoms with Gasteiger partial charge in [-0.1, -0.05) is 44.2 Å². The van der Waals surface area contributed by atoms with E-state index < -0.39 is 17.7 Å². The van der Waals surface area contributed by atoms with Crippen LogP contribution in [-0.2, 0) is 14.3 Å². The summed E-state index contributed by atoms with van der Waals surface area (Å²) in [6, 6.07) is 15.4. The molecule has 6 nitrogen and oxygen atoms in total. The van der Waals surface area contributed by atoms with Gasteiger partial charge in [-0.2, -0.15) is 0 Å². The number of carbonyl (C=O) groups is 2. The molecule has 1 amide bonds. The lowest BCUT2D eigenvalue weighted by molar-refractivity contribution is -0.140. The lowest BCUT2D eigenvalue weighted by Crippen LogP contribution is -2.32. The highest BCUT2D eigenvalue weighted by molar-refractivity contribution is 6.46. The number of benzene rings is 2. The van der Waals surface area contributed by atoms with Crippen molar-refractivity contribution in [3.05, 3.63) is 71.3 Å². The number of amides is 1. The molecule has 30 heavy (non-hydrogen) atoms. The largest absolute Gasteiger partial charge is 0.507 e. The molecular formula is C24H27NO5. The summed E-state index contributed by atoms with van der Waals surface area (Å²) < 4.78 is 10.8. The SMILES string of the molecule is COCCN1C(=O)C(=O)/C(=C(\O)c2ccc(OCC(C)C)cc2)C1c1ccccc1. The predicted octanol–water partition coefficient (Wildman–Crippen LogP) is 3.79. The minimum atomic E-state index is -0.697. The van der Waals surface area contributed by atoms with E-state index in [0.29, 0.717) is 23.8 Å². The minimum absolute atomic E-state index is 0.0816. The van der Waals surface area contributed by atoms with Crippen molar-refractivity contribution in [3.63, 3.8) is 0 Å². The smallest absolute Gasteiger partial charge is 0.295 e. The number of ketones is 1. The maximum absolute atomic E-state index is 12.8. The third kappa shape index (κ3) is 4.54. The van der Waals surface area contributed by atoms with Gasteiger partial charge in [-0.05, 0) is 35.7 Å². The zero-order chi connectivity index (χ0) is 21.7. The van der Waals surface area contributed by atoms with Gasteiger partial charge in [0.25, 0.3) is 11.7 Å². The number of Topliss-reactive ketones (excluding diaryl/α,β-unsaturated/α-hetero) is 1. The number of rotatable bonds is 8. The van der Waals surface area contributed by atoms with Gasteiger partial charge in [0.1, 0.15) is 11.5 Å². The molecule has 0 spiro atoms. The molecule has 1 aliphatic heterocycles. The molecule has 0 aliphatic carbocycles. The Hall–Kier alpha value is -3.12. The lowest BCUT2D eigenvalue weighted by atomic mass is 9.95. The summed E-state index contributed by atoms with van der Waals surface area (Å²) in [6.07, 6.45) is 0. The van der Waals surface area contributed by atoms with Crippen LogP contribution in [0.1, 0.15) is 31.0 Å². The Kier molecular flexibility index (Phi) is 6.90. The first-order chi connectivity index (χ1) is 14.4. The quantitative estimate of drug-likeness (QED) is 0.408. The van der Waals surface area contributed by atoms with Crippen LogP contribution in [0.25, 0.3) is 5.76 Å². The van der Waals surface area contributed by atoms with Gasteiger partial charge in [0.05, 0.1) is 24.8 Å². The first-order valence-corrected chi connectivity index (χ1v) is 9.99. The normalized spacial score (nSPS) is 18.3. The monoisotopic (exact) mass is 409 g/mol. The number of methoxy groups -OCH3 is 1. The summed E-state index contributed by atoms with van der Waals surface area (Å²) >= 11 is 0. The predicted molar refractivity (Wildman–Crippen MR) is 114 cm³/mol. The van der Waals surface area contributed by atoms with Crippen molar-refractivity contribution >= 4 is 17.4 Å². The van der Waals surface area contributed by atoms with Crippen LogP contribution < -0.4 is 4.74 Å². The molecule has 1 N–H and O–H groups in total. The molecule has 2 aromatic carbocycles. The van der Waals surface area contributed by atoms with Gasteiger partial charge in [0.15, 0.2) is 0 Å². The number of hydrogen-bond acceptors (Lipinski definition) is 5. The fourth-order valence-corrected chi connectivity index (χ4v) is 3.41. The Morgan fingerprint density at radius 2 is 1.73 bits per heavy atom. The molecule has 1 unspecified atom stereocenters. The maximum atomic E-state index is 12.8. The van der Waals surface area contributed by atoms with E-state index in [-0.39, 0.29) is 24.5 Å². The molecule has 0 aromatic heterocycles. The zero-order valence-electron chi connectivity index (χ0n) is 17.5. The summed E-state index contributed by atoms with van der Waals surface area (Å²) in [5, 5.41) is 11.0. The van der Waals surface area contributed by atoms with Gasteiger partial charge in [-0.25, -0.2) is 0 Å². The van der Waals surface area contributed by atoms with Gasteiger partial charge < -0.3 is 19.5 Å². The number of nitrogens with zero attached hydrogens (tertiary/aromatic N) is 1. The third-order valence-corrected chi connectivity index (χ3v) is 4.90. The topological polar surface area (TPSA) is 76.1 Å². The van der Waals surface area contributed by atoms with Crippen molar-refractivity contribution in [2.24, 2.45) is 5.92 Å². The molecule has 158 valence electrons. The van der Waals surface area contributed by atoms with Crippen molar-refractivity contribution in [2.75, 3.05) is 26.9 Å². The summed E-state index contributed by atoms with van der Waals surface area (Å²) in [5.74, 6) is -0.457. The average Bonchev–Trinajstić information content (AvgIpc) is 3.01. The van der Waals surface area contributed by atoms with E-state index in [4.69, 9.17) is 9.47 Å². The maximum Gasteiger partial charge on any atom is 0.295 e. The number of ether oxygens (including phenoxy) is 2. The van der Waals surface area contributed by atoms with Crippen LogP contribution in [0.5, 0.6) is 5.75 Å².